The van der Waals surface area contributed by atoms with E-state index in [4.69, 9.17) is 9.47 Å². The van der Waals surface area contributed by atoms with E-state index in [2.05, 4.69) is 14.8 Å². The molecule has 2 amide bonds. The third-order valence-electron chi connectivity index (χ3n) is 9.93. The summed E-state index contributed by atoms with van der Waals surface area (Å²) in [4.78, 5) is 52.0. The van der Waals surface area contributed by atoms with E-state index in [0.717, 1.165) is 30.8 Å². The summed E-state index contributed by atoms with van der Waals surface area (Å²) < 4.78 is 56.9. The second kappa shape index (κ2) is 10.4. The highest BCUT2D eigenvalue weighted by Gasteiger charge is 2.79. The lowest BCUT2D eigenvalue weighted by Crippen LogP contribution is -2.57. The van der Waals surface area contributed by atoms with Crippen molar-refractivity contribution in [2.24, 2.45) is 16.7 Å². The molecule has 4 heterocycles. The first-order chi connectivity index (χ1) is 20.0. The summed E-state index contributed by atoms with van der Waals surface area (Å²) in [5.74, 6) is -1.64. The number of nitrogens with zero attached hydrogens (tertiary/aromatic N) is 5. The number of likely N-dealkylation sites (N-methyl/N-ethyl adjacent to an activating group) is 1. The molecule has 10 nitrogen and oxygen atoms in total. The molecule has 0 aromatic carbocycles. The summed E-state index contributed by atoms with van der Waals surface area (Å²) in [5, 5.41) is 0. The first-order valence-corrected chi connectivity index (χ1v) is 14.8. The van der Waals surface area contributed by atoms with Gasteiger partial charge in [0.05, 0.1) is 13.2 Å². The van der Waals surface area contributed by atoms with Crippen LogP contribution in [0.25, 0.3) is 0 Å². The second-order valence-corrected chi connectivity index (χ2v) is 12.6. The van der Waals surface area contributed by atoms with Crippen molar-refractivity contribution in [3.05, 3.63) is 23.9 Å². The zero-order chi connectivity index (χ0) is 29.9. The molecule has 3 saturated heterocycles. The Morgan fingerprint density at radius 1 is 1.02 bits per heavy atom. The predicted octanol–water partition coefficient (Wildman–Crippen LogP) is 2.05. The molecule has 2 saturated carbocycles. The van der Waals surface area contributed by atoms with Crippen molar-refractivity contribution in [2.75, 3.05) is 72.6 Å². The van der Waals surface area contributed by atoms with Gasteiger partial charge in [-0.1, -0.05) is 0 Å². The highest BCUT2D eigenvalue weighted by Crippen LogP contribution is 2.62. The number of alkyl halides is 3. The van der Waals surface area contributed by atoms with Gasteiger partial charge >= 0.3 is 12.1 Å². The Balaban J connectivity index is 1.31. The number of piperazine rings is 1. The smallest absolute Gasteiger partial charge is 0.399 e. The average Bonchev–Trinajstić information content (AvgIpc) is 3.88. The molecule has 0 radical (unpaired) electrons. The largest absolute Gasteiger partial charge is 0.477 e. The molecule has 2 unspecified atom stereocenters. The van der Waals surface area contributed by atoms with Crippen molar-refractivity contribution in [2.45, 2.75) is 44.3 Å². The van der Waals surface area contributed by atoms with Crippen LogP contribution in [0.1, 0.15) is 43.0 Å². The van der Waals surface area contributed by atoms with E-state index in [1.165, 1.54) is 30.2 Å². The molecule has 2 aliphatic carbocycles. The van der Waals surface area contributed by atoms with E-state index in [1.54, 1.807) is 0 Å². The topological polar surface area (TPSA) is 95.5 Å². The van der Waals surface area contributed by atoms with E-state index >= 15 is 13.2 Å². The number of amides is 2. The number of carbonyl (C=O) groups excluding carboxylic acids is 3. The highest BCUT2D eigenvalue weighted by molar-refractivity contribution is 5.98. The van der Waals surface area contributed by atoms with Crippen molar-refractivity contribution < 1.29 is 37.0 Å². The summed E-state index contributed by atoms with van der Waals surface area (Å²) in [6.45, 7) is 2.19. The number of hydrogen-bond donors (Lipinski definition) is 0. The van der Waals surface area contributed by atoms with Gasteiger partial charge in [0.1, 0.15) is 21.9 Å². The number of halogens is 3. The molecular weight excluding hydrogens is 555 g/mol. The average molecular weight is 594 g/mol. The molecule has 6 rings (SSSR count). The van der Waals surface area contributed by atoms with Gasteiger partial charge in [-0.2, -0.15) is 13.2 Å². The first-order valence-electron chi connectivity index (χ1n) is 14.8. The van der Waals surface area contributed by atoms with E-state index in [9.17, 15) is 14.4 Å². The molecule has 5 aliphatic rings. The van der Waals surface area contributed by atoms with Gasteiger partial charge in [-0.05, 0) is 57.7 Å². The van der Waals surface area contributed by atoms with Crippen LogP contribution < -0.4 is 4.74 Å². The third-order valence-corrected chi connectivity index (χ3v) is 9.93. The third kappa shape index (κ3) is 4.63. The van der Waals surface area contributed by atoms with Crippen LogP contribution in [0.2, 0.25) is 0 Å². The SMILES string of the molecule is CCOC(=O)C12CN(C(=O)c3cccnc3OCC3CC3)CC1(C(F)(F)F)CN(C(=O)C1(N3CCN(C)CC3)CC1)C2. The predicted molar refractivity (Wildman–Crippen MR) is 144 cm³/mol. The Morgan fingerprint density at radius 2 is 1.69 bits per heavy atom. The first kappa shape index (κ1) is 29.2. The van der Waals surface area contributed by atoms with E-state index in [1.807, 2.05) is 7.05 Å². The number of esters is 1. The normalized spacial score (nSPS) is 29.4. The second-order valence-electron chi connectivity index (χ2n) is 12.6. The maximum Gasteiger partial charge on any atom is 0.399 e. The maximum absolute atomic E-state index is 15.3. The monoisotopic (exact) mass is 593 g/mol. The van der Waals surface area contributed by atoms with Crippen molar-refractivity contribution >= 4 is 17.8 Å². The van der Waals surface area contributed by atoms with Gasteiger partial charge in [0, 0.05) is 58.6 Å². The quantitative estimate of drug-likeness (QED) is 0.423. The number of pyridine rings is 1. The Hall–Kier alpha value is -2.93. The molecule has 2 atom stereocenters. The van der Waals surface area contributed by atoms with Crippen LogP contribution >= 0.6 is 0 Å². The van der Waals surface area contributed by atoms with Gasteiger partial charge in [-0.3, -0.25) is 19.3 Å². The summed E-state index contributed by atoms with van der Waals surface area (Å²) in [6, 6.07) is 3.01. The molecule has 0 N–H and O–H groups in total. The Bertz CT molecular complexity index is 1250. The van der Waals surface area contributed by atoms with Gasteiger partial charge in [0.15, 0.2) is 0 Å². The Kier molecular flexibility index (Phi) is 7.19. The Morgan fingerprint density at radius 3 is 2.31 bits per heavy atom. The number of likely N-dealkylation sites (tertiary alicyclic amines) is 2. The summed E-state index contributed by atoms with van der Waals surface area (Å²) >= 11 is 0. The van der Waals surface area contributed by atoms with Crippen LogP contribution in [-0.4, -0.2) is 127 Å². The zero-order valence-corrected chi connectivity index (χ0v) is 24.1. The molecule has 1 aromatic heterocycles. The Labute approximate surface area is 243 Å². The van der Waals surface area contributed by atoms with Crippen LogP contribution in [0.5, 0.6) is 5.88 Å². The van der Waals surface area contributed by atoms with Gasteiger partial charge in [-0.25, -0.2) is 4.98 Å². The molecule has 42 heavy (non-hydrogen) atoms. The van der Waals surface area contributed by atoms with Gasteiger partial charge in [0.2, 0.25) is 11.8 Å². The van der Waals surface area contributed by atoms with Crippen LogP contribution in [0.4, 0.5) is 13.2 Å². The molecular formula is C29H38F3N5O5. The number of carbonyl (C=O) groups is 3. The van der Waals surface area contributed by atoms with E-state index in [-0.39, 0.29) is 24.0 Å². The van der Waals surface area contributed by atoms with Gasteiger partial charge < -0.3 is 24.2 Å². The number of hydrogen-bond acceptors (Lipinski definition) is 8. The van der Waals surface area contributed by atoms with Crippen LogP contribution in [0.3, 0.4) is 0 Å². The summed E-state index contributed by atoms with van der Waals surface area (Å²) in [6.07, 6.45) is -0.242. The van der Waals surface area contributed by atoms with Gasteiger partial charge in [-0.15, -0.1) is 0 Å². The fourth-order valence-corrected chi connectivity index (χ4v) is 7.08. The standard InChI is InChI=1S/C29H38F3N5O5/c1-3-41-25(40)26-16-35(23(38)21-5-4-10-33-22(21)42-15-20-6-7-20)18-28(26,29(30,31)32)19-36(17-26)24(39)27(8-9-27)37-13-11-34(2)12-14-37/h4-5,10,20H,3,6-9,11-19H2,1-2H3. The molecule has 5 fully saturated rings. The van der Waals surface area contributed by atoms with Crippen molar-refractivity contribution in [1.29, 1.82) is 0 Å². The lowest BCUT2D eigenvalue weighted by molar-refractivity contribution is -0.241. The minimum atomic E-state index is -4.89. The minimum absolute atomic E-state index is 0.0504. The molecule has 13 heteroatoms. The molecule has 1 aromatic rings. The summed E-state index contributed by atoms with van der Waals surface area (Å²) in [5.41, 5.74) is -5.61. The number of ether oxygens (including phenoxy) is 2. The lowest BCUT2D eigenvalue weighted by Gasteiger charge is -2.39. The summed E-state index contributed by atoms with van der Waals surface area (Å²) in [7, 11) is 2.00. The van der Waals surface area contributed by atoms with Crippen LogP contribution in [0, 0.1) is 16.7 Å². The molecule has 0 spiro atoms. The van der Waals surface area contributed by atoms with Crippen molar-refractivity contribution in [3.63, 3.8) is 0 Å². The number of rotatable bonds is 8. The highest BCUT2D eigenvalue weighted by atomic mass is 19.4. The lowest BCUT2D eigenvalue weighted by atomic mass is 9.67. The fourth-order valence-electron chi connectivity index (χ4n) is 7.08. The van der Waals surface area contributed by atoms with Crippen LogP contribution in [-0.2, 0) is 14.3 Å². The molecule has 230 valence electrons. The number of aromatic nitrogens is 1. The zero-order valence-electron chi connectivity index (χ0n) is 24.1. The van der Waals surface area contributed by atoms with Crippen LogP contribution in [0.15, 0.2) is 18.3 Å². The van der Waals surface area contributed by atoms with Crippen molar-refractivity contribution in [3.8, 4) is 5.88 Å². The number of fused-ring (bicyclic) bond motifs is 1. The van der Waals surface area contributed by atoms with Crippen molar-refractivity contribution in [1.82, 2.24) is 24.6 Å². The minimum Gasteiger partial charge on any atom is -0.477 e. The maximum atomic E-state index is 15.3. The van der Waals surface area contributed by atoms with E-state index in [0.29, 0.717) is 38.5 Å². The fraction of sp³-hybridized carbons (Fsp3) is 0.724. The molecule has 3 aliphatic heterocycles. The van der Waals surface area contributed by atoms with Gasteiger partial charge in [0.25, 0.3) is 5.91 Å². The van der Waals surface area contributed by atoms with E-state index < -0.39 is 60.6 Å². The molecule has 0 bridgehead atoms.